The number of nitrogens with zero attached hydrogens (tertiary/aromatic N) is 1. The second kappa shape index (κ2) is 6.26. The number of rotatable bonds is 6. The highest BCUT2D eigenvalue weighted by Gasteiger charge is 2.17. The maximum Gasteiger partial charge on any atom is 0.337 e. The Bertz CT molecular complexity index is 421. The van der Waals surface area contributed by atoms with Gasteiger partial charge in [-0.2, -0.15) is 0 Å². The van der Waals surface area contributed by atoms with E-state index < -0.39 is 5.97 Å². The van der Waals surface area contributed by atoms with Crippen LogP contribution >= 0.6 is 0 Å². The summed E-state index contributed by atoms with van der Waals surface area (Å²) in [5.41, 5.74) is 6.96. The van der Waals surface area contributed by atoms with Gasteiger partial charge in [-0.05, 0) is 31.5 Å². The van der Waals surface area contributed by atoms with Crippen LogP contribution in [-0.2, 0) is 4.74 Å². The van der Waals surface area contributed by atoms with Gasteiger partial charge in [0.2, 0.25) is 0 Å². The van der Waals surface area contributed by atoms with Gasteiger partial charge in [-0.3, -0.25) is 0 Å². The van der Waals surface area contributed by atoms with E-state index in [2.05, 4.69) is 0 Å². The van der Waals surface area contributed by atoms with Crippen LogP contribution in [0.25, 0.3) is 0 Å². The standard InChI is InChI=1S/C13H20N2O3/c1-9(6-7-18-3)15(2)12-5-4-10(14)8-11(12)13(16)17/h4-5,8-9H,6-7,14H2,1-3H3,(H,16,17). The third kappa shape index (κ3) is 3.37. The topological polar surface area (TPSA) is 75.8 Å². The minimum Gasteiger partial charge on any atom is -0.478 e. The zero-order valence-electron chi connectivity index (χ0n) is 11.0. The molecular weight excluding hydrogens is 232 g/mol. The molecule has 100 valence electrons. The summed E-state index contributed by atoms with van der Waals surface area (Å²) in [6.07, 6.45) is 0.830. The van der Waals surface area contributed by atoms with Gasteiger partial charge >= 0.3 is 5.97 Å². The van der Waals surface area contributed by atoms with E-state index in [1.165, 1.54) is 6.07 Å². The number of nitrogens with two attached hydrogens (primary N) is 1. The summed E-state index contributed by atoms with van der Waals surface area (Å²) in [7, 11) is 3.52. The third-order valence-corrected chi connectivity index (χ3v) is 3.03. The Kier molecular flexibility index (Phi) is 4.97. The van der Waals surface area contributed by atoms with Crippen molar-refractivity contribution in [2.24, 2.45) is 0 Å². The molecule has 0 heterocycles. The quantitative estimate of drug-likeness (QED) is 0.755. The van der Waals surface area contributed by atoms with E-state index in [1.54, 1.807) is 19.2 Å². The van der Waals surface area contributed by atoms with Crippen LogP contribution in [0, 0.1) is 0 Å². The lowest BCUT2D eigenvalue weighted by Gasteiger charge is -2.28. The molecule has 0 aliphatic carbocycles. The Morgan fingerprint density at radius 1 is 1.56 bits per heavy atom. The summed E-state index contributed by atoms with van der Waals surface area (Å²) < 4.78 is 5.03. The van der Waals surface area contributed by atoms with Crippen molar-refractivity contribution < 1.29 is 14.6 Å². The van der Waals surface area contributed by atoms with Crippen molar-refractivity contribution in [3.05, 3.63) is 23.8 Å². The highest BCUT2D eigenvalue weighted by molar-refractivity contribution is 5.95. The van der Waals surface area contributed by atoms with Crippen LogP contribution in [-0.4, -0.2) is 37.9 Å². The van der Waals surface area contributed by atoms with Crippen LogP contribution in [0.3, 0.4) is 0 Å². The maximum absolute atomic E-state index is 11.2. The molecule has 0 aliphatic heterocycles. The Labute approximate surface area is 107 Å². The van der Waals surface area contributed by atoms with E-state index in [-0.39, 0.29) is 11.6 Å². The summed E-state index contributed by atoms with van der Waals surface area (Å²) in [6.45, 7) is 2.67. The number of hydrogen-bond donors (Lipinski definition) is 2. The minimum atomic E-state index is -0.969. The molecule has 1 aromatic carbocycles. The van der Waals surface area contributed by atoms with Crippen LogP contribution in [0.15, 0.2) is 18.2 Å². The predicted molar refractivity (Wildman–Crippen MR) is 72.2 cm³/mol. The number of carboxylic acid groups (broad SMARTS) is 1. The summed E-state index contributed by atoms with van der Waals surface area (Å²) in [4.78, 5) is 13.1. The normalized spacial score (nSPS) is 12.2. The van der Waals surface area contributed by atoms with Gasteiger partial charge in [-0.1, -0.05) is 0 Å². The largest absolute Gasteiger partial charge is 0.478 e. The number of methoxy groups -OCH3 is 1. The fourth-order valence-electron chi connectivity index (χ4n) is 1.75. The lowest BCUT2D eigenvalue weighted by molar-refractivity contribution is 0.0697. The smallest absolute Gasteiger partial charge is 0.337 e. The number of nitrogen functional groups attached to an aromatic ring is 1. The molecule has 1 atom stereocenters. The molecule has 0 aromatic heterocycles. The van der Waals surface area contributed by atoms with Gasteiger partial charge in [0, 0.05) is 32.5 Å². The molecule has 5 nitrogen and oxygen atoms in total. The Morgan fingerprint density at radius 3 is 2.78 bits per heavy atom. The Balaban J connectivity index is 2.97. The van der Waals surface area contributed by atoms with Crippen molar-refractivity contribution in [2.75, 3.05) is 31.4 Å². The van der Waals surface area contributed by atoms with E-state index in [0.717, 1.165) is 6.42 Å². The van der Waals surface area contributed by atoms with Crippen LogP contribution in [0.1, 0.15) is 23.7 Å². The first kappa shape index (κ1) is 14.3. The van der Waals surface area contributed by atoms with Crippen molar-refractivity contribution in [3.8, 4) is 0 Å². The van der Waals surface area contributed by atoms with Crippen molar-refractivity contribution in [1.29, 1.82) is 0 Å². The van der Waals surface area contributed by atoms with Gasteiger partial charge in [0.25, 0.3) is 0 Å². The summed E-state index contributed by atoms with van der Waals surface area (Å²) in [6, 6.07) is 5.12. The summed E-state index contributed by atoms with van der Waals surface area (Å²) >= 11 is 0. The number of anilines is 2. The fraction of sp³-hybridized carbons (Fsp3) is 0.462. The molecule has 3 N–H and O–H groups in total. The number of hydrogen-bond acceptors (Lipinski definition) is 4. The average Bonchev–Trinajstić information content (AvgIpc) is 2.34. The summed E-state index contributed by atoms with van der Waals surface area (Å²) in [5, 5.41) is 9.19. The predicted octanol–water partition coefficient (Wildman–Crippen LogP) is 1.83. The molecule has 0 saturated carbocycles. The third-order valence-electron chi connectivity index (χ3n) is 3.03. The average molecular weight is 252 g/mol. The molecule has 1 aromatic rings. The highest BCUT2D eigenvalue weighted by Crippen LogP contribution is 2.24. The number of aromatic carboxylic acids is 1. The zero-order chi connectivity index (χ0) is 13.7. The first-order valence-electron chi connectivity index (χ1n) is 5.82. The molecule has 5 heteroatoms. The molecule has 0 spiro atoms. The molecule has 1 unspecified atom stereocenters. The maximum atomic E-state index is 11.2. The zero-order valence-corrected chi connectivity index (χ0v) is 11.0. The lowest BCUT2D eigenvalue weighted by atomic mass is 10.1. The van der Waals surface area contributed by atoms with Crippen molar-refractivity contribution >= 4 is 17.3 Å². The first-order valence-corrected chi connectivity index (χ1v) is 5.82. The van der Waals surface area contributed by atoms with Crippen LogP contribution in [0.4, 0.5) is 11.4 Å². The van der Waals surface area contributed by atoms with Crippen LogP contribution in [0.2, 0.25) is 0 Å². The molecule has 1 rings (SSSR count). The summed E-state index contributed by atoms with van der Waals surface area (Å²) in [5.74, 6) is -0.969. The SMILES string of the molecule is COCCC(C)N(C)c1ccc(N)cc1C(=O)O. The van der Waals surface area contributed by atoms with Crippen molar-refractivity contribution in [1.82, 2.24) is 0 Å². The fourth-order valence-corrected chi connectivity index (χ4v) is 1.75. The van der Waals surface area contributed by atoms with Gasteiger partial charge in [-0.15, -0.1) is 0 Å². The molecule has 18 heavy (non-hydrogen) atoms. The molecular formula is C13H20N2O3. The van der Waals surface area contributed by atoms with Gasteiger partial charge in [-0.25, -0.2) is 4.79 Å². The monoisotopic (exact) mass is 252 g/mol. The second-order valence-corrected chi connectivity index (χ2v) is 4.32. The number of carboxylic acids is 1. The number of carbonyl (C=O) groups is 1. The number of ether oxygens (including phenoxy) is 1. The van der Waals surface area contributed by atoms with Gasteiger partial charge < -0.3 is 20.5 Å². The van der Waals surface area contributed by atoms with E-state index in [1.807, 2.05) is 18.9 Å². The molecule has 0 radical (unpaired) electrons. The molecule has 0 amide bonds. The van der Waals surface area contributed by atoms with E-state index >= 15 is 0 Å². The van der Waals surface area contributed by atoms with Gasteiger partial charge in [0.05, 0.1) is 11.3 Å². The van der Waals surface area contributed by atoms with Crippen molar-refractivity contribution in [2.45, 2.75) is 19.4 Å². The van der Waals surface area contributed by atoms with Crippen LogP contribution < -0.4 is 10.6 Å². The van der Waals surface area contributed by atoms with E-state index in [0.29, 0.717) is 18.0 Å². The van der Waals surface area contributed by atoms with Gasteiger partial charge in [0.15, 0.2) is 0 Å². The van der Waals surface area contributed by atoms with E-state index in [4.69, 9.17) is 10.5 Å². The van der Waals surface area contributed by atoms with E-state index in [9.17, 15) is 9.90 Å². The van der Waals surface area contributed by atoms with Crippen LogP contribution in [0.5, 0.6) is 0 Å². The Morgan fingerprint density at radius 2 is 2.22 bits per heavy atom. The highest BCUT2D eigenvalue weighted by atomic mass is 16.5. The molecule has 0 bridgehead atoms. The van der Waals surface area contributed by atoms with Gasteiger partial charge in [0.1, 0.15) is 0 Å². The molecule has 0 saturated heterocycles. The number of benzene rings is 1. The second-order valence-electron chi connectivity index (χ2n) is 4.32. The Hall–Kier alpha value is -1.75. The lowest BCUT2D eigenvalue weighted by Crippen LogP contribution is -2.31. The first-order chi connectivity index (χ1) is 8.47. The molecule has 0 fully saturated rings. The minimum absolute atomic E-state index is 0.187. The van der Waals surface area contributed by atoms with Crippen molar-refractivity contribution in [3.63, 3.8) is 0 Å². The molecule has 0 aliphatic rings.